The largest absolute Gasteiger partial charge is 0.392 e. The van der Waals surface area contributed by atoms with Crippen LogP contribution in [0, 0.1) is 0 Å². The van der Waals surface area contributed by atoms with Gasteiger partial charge in [-0.05, 0) is 100 Å². The van der Waals surface area contributed by atoms with E-state index in [4.69, 9.17) is 9.97 Å². The summed E-state index contributed by atoms with van der Waals surface area (Å²) in [6.07, 6.45) is 8.35. The lowest BCUT2D eigenvalue weighted by Gasteiger charge is -2.20. The van der Waals surface area contributed by atoms with Gasteiger partial charge in [0, 0.05) is 54.7 Å². The molecule has 0 aliphatic rings. The number of benzene rings is 5. The van der Waals surface area contributed by atoms with E-state index < -0.39 is 0 Å². The maximum atomic E-state index is 9.38. The number of rotatable bonds is 9. The lowest BCUT2D eigenvalue weighted by Crippen LogP contribution is -2.21. The summed E-state index contributed by atoms with van der Waals surface area (Å²) >= 11 is 0. The molecular formula is C48H43N5O2. The zero-order chi connectivity index (χ0) is 37.7. The molecule has 0 unspecified atom stereocenters. The van der Waals surface area contributed by atoms with Gasteiger partial charge >= 0.3 is 0 Å². The van der Waals surface area contributed by atoms with Crippen molar-refractivity contribution in [3.8, 4) is 44.8 Å². The van der Waals surface area contributed by atoms with E-state index >= 15 is 0 Å². The van der Waals surface area contributed by atoms with Gasteiger partial charge in [-0.3, -0.25) is 0 Å². The smallest absolute Gasteiger partial charge is 0.137 e. The first-order valence-corrected chi connectivity index (χ1v) is 18.7. The van der Waals surface area contributed by atoms with Gasteiger partial charge in [0.05, 0.1) is 24.6 Å². The molecule has 0 saturated heterocycles. The first kappa shape index (κ1) is 35.5. The van der Waals surface area contributed by atoms with Gasteiger partial charge in [-0.2, -0.15) is 0 Å². The van der Waals surface area contributed by atoms with Crippen LogP contribution in [-0.2, 0) is 13.2 Å². The minimum absolute atomic E-state index is 0.0480. The van der Waals surface area contributed by atoms with Crippen LogP contribution in [0.5, 0.6) is 0 Å². The number of aromatic nitrogens is 4. The minimum Gasteiger partial charge on any atom is -0.392 e. The molecule has 7 nitrogen and oxygen atoms in total. The number of imidazole rings is 2. The van der Waals surface area contributed by atoms with Crippen molar-refractivity contribution in [3.05, 3.63) is 175 Å². The van der Waals surface area contributed by atoms with Crippen molar-refractivity contribution in [2.45, 2.75) is 27.1 Å². The topological polar surface area (TPSA) is 78.3 Å². The van der Waals surface area contributed by atoms with Gasteiger partial charge in [-0.15, -0.1) is 0 Å². The summed E-state index contributed by atoms with van der Waals surface area (Å²) in [5.41, 5.74) is 13.5. The Balaban J connectivity index is 0.000000155. The van der Waals surface area contributed by atoms with Crippen LogP contribution < -0.4 is 4.90 Å². The Morgan fingerprint density at radius 3 is 1.76 bits per heavy atom. The number of fused-ring (bicyclic) bond motifs is 3. The second-order valence-corrected chi connectivity index (χ2v) is 13.6. The van der Waals surface area contributed by atoms with Crippen molar-refractivity contribution in [2.24, 2.45) is 0 Å². The van der Waals surface area contributed by atoms with Crippen molar-refractivity contribution in [1.29, 1.82) is 0 Å². The molecule has 4 heterocycles. The molecule has 5 aromatic carbocycles. The first-order valence-electron chi connectivity index (χ1n) is 18.7. The monoisotopic (exact) mass is 721 g/mol. The molecule has 0 aliphatic carbocycles. The number of aliphatic hydroxyl groups is 2. The Kier molecular flexibility index (Phi) is 10.2. The van der Waals surface area contributed by atoms with E-state index in [9.17, 15) is 10.2 Å². The maximum Gasteiger partial charge on any atom is 0.137 e. The number of aliphatic hydroxyl groups excluding tert-OH is 2. The summed E-state index contributed by atoms with van der Waals surface area (Å²) in [7, 11) is 0. The quantitative estimate of drug-likeness (QED) is 0.155. The summed E-state index contributed by atoms with van der Waals surface area (Å²) in [6, 6.07) is 47.5. The highest BCUT2D eigenvalue weighted by Crippen LogP contribution is 2.30. The summed E-state index contributed by atoms with van der Waals surface area (Å²) in [6.45, 7) is 6.48. The van der Waals surface area contributed by atoms with Crippen molar-refractivity contribution in [3.63, 3.8) is 0 Å². The number of nitrogens with zero attached hydrogens (tertiary/aromatic N) is 5. The summed E-state index contributed by atoms with van der Waals surface area (Å²) in [5, 5.41) is 21.0. The van der Waals surface area contributed by atoms with Crippen LogP contribution >= 0.6 is 0 Å². The molecule has 9 rings (SSSR count). The maximum absolute atomic E-state index is 9.38. The molecule has 0 spiro atoms. The number of hydrogen-bond acceptors (Lipinski definition) is 5. The molecule has 0 bridgehead atoms. The van der Waals surface area contributed by atoms with Crippen molar-refractivity contribution >= 4 is 27.8 Å². The SMILES string of the molecule is CCN(CC)c1ccc(-c2cn3cc(-c4ccc(CO)cc4)ccc3n2)cc1.OCc1cccc(-c2ccc3nc(-c4cccc5ccccc45)cn3c2)c1. The lowest BCUT2D eigenvalue weighted by atomic mass is 10.0. The number of anilines is 1. The van der Waals surface area contributed by atoms with Gasteiger partial charge in [0.15, 0.2) is 0 Å². The van der Waals surface area contributed by atoms with E-state index in [1.54, 1.807) is 0 Å². The Bertz CT molecular complexity index is 2700. The van der Waals surface area contributed by atoms with Gasteiger partial charge in [-0.1, -0.05) is 97.1 Å². The van der Waals surface area contributed by atoms with Gasteiger partial charge in [-0.25, -0.2) is 9.97 Å². The van der Waals surface area contributed by atoms with E-state index in [1.165, 1.54) is 16.5 Å². The Hall–Kier alpha value is -6.54. The second-order valence-electron chi connectivity index (χ2n) is 13.6. The van der Waals surface area contributed by atoms with Crippen LogP contribution in [-0.4, -0.2) is 42.1 Å². The van der Waals surface area contributed by atoms with E-state index in [0.717, 1.165) is 80.3 Å². The molecule has 0 amide bonds. The normalized spacial score (nSPS) is 11.2. The molecule has 2 N–H and O–H groups in total. The Morgan fingerprint density at radius 2 is 1.07 bits per heavy atom. The molecule has 4 aromatic heterocycles. The molecule has 9 aromatic rings. The third-order valence-electron chi connectivity index (χ3n) is 10.2. The third-order valence-corrected chi connectivity index (χ3v) is 10.2. The van der Waals surface area contributed by atoms with Crippen LogP contribution in [0.3, 0.4) is 0 Å². The third kappa shape index (κ3) is 7.49. The fourth-order valence-corrected chi connectivity index (χ4v) is 7.13. The highest BCUT2D eigenvalue weighted by molar-refractivity contribution is 5.96. The van der Waals surface area contributed by atoms with E-state index in [0.29, 0.717) is 0 Å². The highest BCUT2D eigenvalue weighted by Gasteiger charge is 2.10. The van der Waals surface area contributed by atoms with Crippen LogP contribution in [0.25, 0.3) is 66.8 Å². The van der Waals surface area contributed by atoms with Gasteiger partial charge in [0.2, 0.25) is 0 Å². The van der Waals surface area contributed by atoms with Crippen molar-refractivity contribution in [2.75, 3.05) is 18.0 Å². The van der Waals surface area contributed by atoms with Gasteiger partial charge < -0.3 is 23.9 Å². The molecule has 0 atom stereocenters. The molecule has 0 saturated carbocycles. The molecule has 0 radical (unpaired) electrons. The predicted molar refractivity (Wildman–Crippen MR) is 225 cm³/mol. The first-order chi connectivity index (χ1) is 27.0. The Morgan fingerprint density at radius 1 is 0.491 bits per heavy atom. The number of pyridine rings is 2. The van der Waals surface area contributed by atoms with E-state index in [2.05, 4.69) is 137 Å². The Labute approximate surface area is 321 Å². The fourth-order valence-electron chi connectivity index (χ4n) is 7.13. The zero-order valence-corrected chi connectivity index (χ0v) is 31.0. The van der Waals surface area contributed by atoms with Crippen molar-refractivity contribution in [1.82, 2.24) is 18.8 Å². The lowest BCUT2D eigenvalue weighted by molar-refractivity contribution is 0.281. The average Bonchev–Trinajstić information content (AvgIpc) is 3.89. The second kappa shape index (κ2) is 15.8. The standard InChI is InChI=1S/C24H25N3O.C24H18N2O/c1-3-26(4-2)22-12-9-20(10-13-22)23-16-27-15-21(11-14-24(27)25-23)19-7-5-18(17-28)6-8-19;27-16-17-5-3-8-19(13-17)20-11-12-24-25-23(15-26(24)14-20)22-10-4-7-18-6-1-2-9-21(18)22/h5-16,28H,3-4,17H2,1-2H3;1-15,27H,16H2. The summed E-state index contributed by atoms with van der Waals surface area (Å²) in [4.78, 5) is 11.9. The minimum atomic E-state index is 0.0480. The van der Waals surface area contributed by atoms with Crippen LogP contribution in [0.4, 0.5) is 5.69 Å². The summed E-state index contributed by atoms with van der Waals surface area (Å²) < 4.78 is 4.14. The molecule has 0 aliphatic heterocycles. The highest BCUT2D eigenvalue weighted by atomic mass is 16.3. The molecule has 272 valence electrons. The van der Waals surface area contributed by atoms with Crippen LogP contribution in [0.15, 0.2) is 164 Å². The van der Waals surface area contributed by atoms with E-state index in [1.807, 2.05) is 54.6 Å². The van der Waals surface area contributed by atoms with Crippen LogP contribution in [0.1, 0.15) is 25.0 Å². The fraction of sp³-hybridized carbons (Fsp3) is 0.125. The molecular weight excluding hydrogens is 679 g/mol. The van der Waals surface area contributed by atoms with E-state index in [-0.39, 0.29) is 13.2 Å². The zero-order valence-electron chi connectivity index (χ0n) is 31.0. The van der Waals surface area contributed by atoms with Crippen molar-refractivity contribution < 1.29 is 10.2 Å². The molecule has 55 heavy (non-hydrogen) atoms. The predicted octanol–water partition coefficient (Wildman–Crippen LogP) is 10.3. The van der Waals surface area contributed by atoms with Crippen LogP contribution in [0.2, 0.25) is 0 Å². The molecule has 0 fully saturated rings. The van der Waals surface area contributed by atoms with Gasteiger partial charge in [0.1, 0.15) is 11.3 Å². The average molecular weight is 722 g/mol. The summed E-state index contributed by atoms with van der Waals surface area (Å²) in [5.74, 6) is 0. The number of hydrogen-bond donors (Lipinski definition) is 2. The molecule has 7 heteroatoms. The van der Waals surface area contributed by atoms with Gasteiger partial charge in [0.25, 0.3) is 0 Å².